The van der Waals surface area contributed by atoms with Crippen LogP contribution in [0.1, 0.15) is 33.8 Å². The van der Waals surface area contributed by atoms with Gasteiger partial charge >= 0.3 is 0 Å². The standard InChI is InChI=1S/C20H25N3O2S/c1-15-18(26-14-22-15)11-23-12-20(13-23)17(8-10-25-20)7-9-21-19(24)16-5-3-2-4-6-16/h2-6,14,17H,7-13H2,1H3,(H,21,24). The minimum Gasteiger partial charge on any atom is -0.372 e. The Morgan fingerprint density at radius 3 is 2.92 bits per heavy atom. The summed E-state index contributed by atoms with van der Waals surface area (Å²) in [4.78, 5) is 20.3. The second-order valence-corrected chi connectivity index (χ2v) is 8.25. The molecule has 0 aliphatic carbocycles. The van der Waals surface area contributed by atoms with E-state index in [0.717, 1.165) is 50.3 Å². The van der Waals surface area contributed by atoms with Crippen molar-refractivity contribution in [3.63, 3.8) is 0 Å². The molecule has 0 bridgehead atoms. The third-order valence-electron chi connectivity index (χ3n) is 5.61. The lowest BCUT2D eigenvalue weighted by atomic mass is 9.79. The molecule has 2 fully saturated rings. The SMILES string of the molecule is Cc1ncsc1CN1CC2(C1)OCCC2CCNC(=O)c1ccccc1. The van der Waals surface area contributed by atoms with Crippen LogP contribution in [0.15, 0.2) is 35.8 Å². The molecule has 4 rings (SSSR count). The number of benzene rings is 1. The number of hydrogen-bond acceptors (Lipinski definition) is 5. The van der Waals surface area contributed by atoms with Crippen molar-refractivity contribution in [2.45, 2.75) is 31.9 Å². The Kier molecular flexibility index (Phi) is 5.07. The third kappa shape index (κ3) is 3.54. The highest BCUT2D eigenvalue weighted by Gasteiger charge is 2.52. The van der Waals surface area contributed by atoms with Gasteiger partial charge in [-0.3, -0.25) is 9.69 Å². The quantitative estimate of drug-likeness (QED) is 0.848. The van der Waals surface area contributed by atoms with Crippen molar-refractivity contribution >= 4 is 17.2 Å². The van der Waals surface area contributed by atoms with Crippen molar-refractivity contribution in [2.75, 3.05) is 26.2 Å². The van der Waals surface area contributed by atoms with E-state index in [1.54, 1.807) is 11.3 Å². The van der Waals surface area contributed by atoms with Crippen LogP contribution in [0.4, 0.5) is 0 Å². The number of carbonyl (C=O) groups excluding carboxylic acids is 1. The number of likely N-dealkylation sites (tertiary alicyclic amines) is 1. The first-order valence-corrected chi connectivity index (χ1v) is 10.1. The molecule has 6 heteroatoms. The summed E-state index contributed by atoms with van der Waals surface area (Å²) in [6.45, 7) is 6.57. The molecule has 2 aliphatic rings. The largest absolute Gasteiger partial charge is 0.372 e. The fraction of sp³-hybridized carbons (Fsp3) is 0.500. The average Bonchev–Trinajstić information content (AvgIpc) is 3.22. The predicted octanol–water partition coefficient (Wildman–Crippen LogP) is 2.86. The van der Waals surface area contributed by atoms with E-state index in [4.69, 9.17) is 4.74 Å². The first kappa shape index (κ1) is 17.6. The van der Waals surface area contributed by atoms with Gasteiger partial charge in [0.25, 0.3) is 5.91 Å². The first-order chi connectivity index (χ1) is 12.7. The Labute approximate surface area is 158 Å². The van der Waals surface area contributed by atoms with E-state index in [1.807, 2.05) is 35.8 Å². The summed E-state index contributed by atoms with van der Waals surface area (Å²) in [5, 5.41) is 3.05. The lowest BCUT2D eigenvalue weighted by molar-refractivity contribution is -0.136. The van der Waals surface area contributed by atoms with Crippen LogP contribution in [0.3, 0.4) is 0 Å². The minimum absolute atomic E-state index is 0.00390. The molecule has 0 radical (unpaired) electrons. The van der Waals surface area contributed by atoms with Crippen LogP contribution in [0.25, 0.3) is 0 Å². The molecule has 2 saturated heterocycles. The Hall–Kier alpha value is -1.76. The van der Waals surface area contributed by atoms with Crippen molar-refractivity contribution < 1.29 is 9.53 Å². The van der Waals surface area contributed by atoms with E-state index in [0.29, 0.717) is 12.5 Å². The summed E-state index contributed by atoms with van der Waals surface area (Å²) < 4.78 is 6.14. The second-order valence-electron chi connectivity index (χ2n) is 7.32. The number of nitrogens with one attached hydrogen (secondary N) is 1. The molecular formula is C20H25N3O2S. The van der Waals surface area contributed by atoms with Crippen LogP contribution >= 0.6 is 11.3 Å². The van der Waals surface area contributed by atoms with Gasteiger partial charge in [-0.2, -0.15) is 0 Å². The summed E-state index contributed by atoms with van der Waals surface area (Å²) in [6, 6.07) is 9.40. The van der Waals surface area contributed by atoms with Crippen LogP contribution in [0.2, 0.25) is 0 Å². The Balaban J connectivity index is 1.26. The lowest BCUT2D eigenvalue weighted by Gasteiger charge is -2.50. The molecule has 0 saturated carbocycles. The topological polar surface area (TPSA) is 54.5 Å². The number of nitrogens with zero attached hydrogens (tertiary/aromatic N) is 2. The number of hydrogen-bond donors (Lipinski definition) is 1. The molecule has 1 spiro atoms. The highest BCUT2D eigenvalue weighted by Crippen LogP contribution is 2.42. The minimum atomic E-state index is -0.00390. The van der Waals surface area contributed by atoms with E-state index in [2.05, 4.69) is 22.1 Å². The summed E-state index contributed by atoms with van der Waals surface area (Å²) >= 11 is 1.73. The smallest absolute Gasteiger partial charge is 0.251 e. The van der Waals surface area contributed by atoms with E-state index in [-0.39, 0.29) is 11.5 Å². The maximum absolute atomic E-state index is 12.2. The number of aromatic nitrogens is 1. The third-order valence-corrected chi connectivity index (χ3v) is 6.53. The van der Waals surface area contributed by atoms with Crippen LogP contribution < -0.4 is 5.32 Å². The van der Waals surface area contributed by atoms with Gasteiger partial charge in [-0.1, -0.05) is 18.2 Å². The van der Waals surface area contributed by atoms with Gasteiger partial charge < -0.3 is 10.1 Å². The molecule has 3 heterocycles. The summed E-state index contributed by atoms with van der Waals surface area (Å²) in [7, 11) is 0. The van der Waals surface area contributed by atoms with Gasteiger partial charge in [0.05, 0.1) is 16.8 Å². The molecular weight excluding hydrogens is 346 g/mol. The second kappa shape index (κ2) is 7.47. The summed E-state index contributed by atoms with van der Waals surface area (Å²) in [5.41, 5.74) is 3.78. The van der Waals surface area contributed by atoms with Crippen molar-refractivity contribution in [1.29, 1.82) is 0 Å². The highest BCUT2D eigenvalue weighted by molar-refractivity contribution is 7.09. The maximum Gasteiger partial charge on any atom is 0.251 e. The molecule has 2 aliphatic heterocycles. The number of thiazole rings is 1. The first-order valence-electron chi connectivity index (χ1n) is 9.25. The van der Waals surface area contributed by atoms with Crippen LogP contribution in [0.5, 0.6) is 0 Å². The monoisotopic (exact) mass is 371 g/mol. The molecule has 1 aromatic carbocycles. The highest BCUT2D eigenvalue weighted by atomic mass is 32.1. The zero-order chi connectivity index (χ0) is 18.0. The number of ether oxygens (including phenoxy) is 1. The van der Waals surface area contributed by atoms with Crippen molar-refractivity contribution in [3.8, 4) is 0 Å². The van der Waals surface area contributed by atoms with Gasteiger partial charge in [0.1, 0.15) is 0 Å². The average molecular weight is 372 g/mol. The molecule has 2 aromatic rings. The maximum atomic E-state index is 12.2. The molecule has 5 nitrogen and oxygen atoms in total. The Bertz CT molecular complexity index is 755. The van der Waals surface area contributed by atoms with Gasteiger partial charge in [-0.25, -0.2) is 4.98 Å². The Morgan fingerprint density at radius 1 is 1.38 bits per heavy atom. The lowest BCUT2D eigenvalue weighted by Crippen LogP contribution is -2.64. The predicted molar refractivity (Wildman–Crippen MR) is 102 cm³/mol. The molecule has 1 aromatic heterocycles. The number of aryl methyl sites for hydroxylation is 1. The van der Waals surface area contributed by atoms with Gasteiger partial charge in [0.2, 0.25) is 0 Å². The molecule has 138 valence electrons. The van der Waals surface area contributed by atoms with Gasteiger partial charge in [-0.15, -0.1) is 11.3 Å². The molecule has 1 amide bonds. The van der Waals surface area contributed by atoms with Crippen LogP contribution in [0, 0.1) is 12.8 Å². The van der Waals surface area contributed by atoms with E-state index < -0.39 is 0 Å². The van der Waals surface area contributed by atoms with Crippen molar-refractivity contribution in [1.82, 2.24) is 15.2 Å². The van der Waals surface area contributed by atoms with Gasteiger partial charge in [0.15, 0.2) is 0 Å². The normalized spacial score (nSPS) is 21.7. The molecule has 26 heavy (non-hydrogen) atoms. The Morgan fingerprint density at radius 2 is 2.19 bits per heavy atom. The van der Waals surface area contributed by atoms with Crippen LogP contribution in [-0.4, -0.2) is 47.6 Å². The molecule has 1 atom stereocenters. The van der Waals surface area contributed by atoms with Crippen LogP contribution in [-0.2, 0) is 11.3 Å². The zero-order valence-electron chi connectivity index (χ0n) is 15.1. The fourth-order valence-electron chi connectivity index (χ4n) is 4.10. The van der Waals surface area contributed by atoms with Crippen molar-refractivity contribution in [3.05, 3.63) is 52.0 Å². The molecule has 1 N–H and O–H groups in total. The van der Waals surface area contributed by atoms with E-state index in [1.165, 1.54) is 4.88 Å². The van der Waals surface area contributed by atoms with Gasteiger partial charge in [0, 0.05) is 43.2 Å². The van der Waals surface area contributed by atoms with Crippen molar-refractivity contribution in [2.24, 2.45) is 5.92 Å². The number of amides is 1. The molecule has 1 unspecified atom stereocenters. The van der Waals surface area contributed by atoms with E-state index >= 15 is 0 Å². The van der Waals surface area contributed by atoms with E-state index in [9.17, 15) is 4.79 Å². The zero-order valence-corrected chi connectivity index (χ0v) is 15.9. The number of carbonyl (C=O) groups is 1. The fourth-order valence-corrected chi connectivity index (χ4v) is 4.92. The number of rotatable bonds is 6. The summed E-state index contributed by atoms with van der Waals surface area (Å²) in [5.74, 6) is 0.534. The summed E-state index contributed by atoms with van der Waals surface area (Å²) in [6.07, 6.45) is 2.07. The van der Waals surface area contributed by atoms with Gasteiger partial charge in [-0.05, 0) is 37.8 Å².